The Morgan fingerprint density at radius 3 is 2.76 bits per heavy atom. The highest BCUT2D eigenvalue weighted by Gasteiger charge is 2.46. The van der Waals surface area contributed by atoms with Gasteiger partial charge in [0.2, 0.25) is 0 Å². The van der Waals surface area contributed by atoms with E-state index in [1.807, 2.05) is 39.8 Å². The molecular weight excluding hydrogens is 489 g/mol. The summed E-state index contributed by atoms with van der Waals surface area (Å²) in [5.41, 5.74) is 2.12. The van der Waals surface area contributed by atoms with E-state index in [4.69, 9.17) is 18.9 Å². The van der Waals surface area contributed by atoms with E-state index >= 15 is 4.39 Å². The molecule has 9 heteroatoms. The van der Waals surface area contributed by atoms with Crippen LogP contribution < -0.4 is 19.5 Å². The first-order valence-corrected chi connectivity index (χ1v) is 12.8. The van der Waals surface area contributed by atoms with Gasteiger partial charge in [0.15, 0.2) is 23.1 Å². The van der Waals surface area contributed by atoms with E-state index in [1.165, 1.54) is 0 Å². The third-order valence-electron chi connectivity index (χ3n) is 6.79. The molecule has 1 fully saturated rings. The second-order valence-corrected chi connectivity index (χ2v) is 11.1. The number of benzene rings is 2. The second kappa shape index (κ2) is 8.79. The minimum atomic E-state index is -0.575. The minimum Gasteiger partial charge on any atom is -0.489 e. The van der Waals surface area contributed by atoms with Gasteiger partial charge in [-0.3, -0.25) is 4.98 Å². The number of hydrogen-bond acceptors (Lipinski definition) is 6. The van der Waals surface area contributed by atoms with E-state index in [2.05, 4.69) is 15.3 Å². The summed E-state index contributed by atoms with van der Waals surface area (Å²) in [4.78, 5) is 20.0. The highest BCUT2D eigenvalue weighted by molar-refractivity contribution is 5.93. The number of hydrogen-bond donors (Lipinski definition) is 2. The van der Waals surface area contributed by atoms with Crippen LogP contribution in [0.25, 0.3) is 21.8 Å². The number of aryl methyl sites for hydroxylation is 1. The number of aromatic amines is 1. The highest BCUT2D eigenvalue weighted by Crippen LogP contribution is 2.46. The summed E-state index contributed by atoms with van der Waals surface area (Å²) in [6.45, 7) is 8.15. The molecule has 2 N–H and O–H groups in total. The maximum absolute atomic E-state index is 15.3. The smallest absolute Gasteiger partial charge is 0.408 e. The number of pyridine rings is 1. The first-order chi connectivity index (χ1) is 18.1. The molecule has 2 aromatic carbocycles. The quantitative estimate of drug-likeness (QED) is 0.309. The molecule has 3 heterocycles. The largest absolute Gasteiger partial charge is 0.489 e. The Labute approximate surface area is 219 Å². The molecule has 4 aromatic rings. The predicted molar refractivity (Wildman–Crippen MR) is 141 cm³/mol. The average molecular weight is 520 g/mol. The molecule has 0 spiro atoms. The molecule has 8 nitrogen and oxygen atoms in total. The number of halogens is 1. The van der Waals surface area contributed by atoms with E-state index in [1.54, 1.807) is 24.4 Å². The summed E-state index contributed by atoms with van der Waals surface area (Å²) in [5.74, 6) is 1.40. The molecule has 2 aromatic heterocycles. The molecule has 0 unspecified atom stereocenters. The van der Waals surface area contributed by atoms with Crippen molar-refractivity contribution in [3.63, 3.8) is 0 Å². The van der Waals surface area contributed by atoms with Gasteiger partial charge in [0.1, 0.15) is 18.0 Å². The number of nitrogens with zero attached hydrogens (tertiary/aromatic N) is 1. The zero-order valence-electron chi connectivity index (χ0n) is 21.9. The van der Waals surface area contributed by atoms with Gasteiger partial charge in [0.05, 0.1) is 23.0 Å². The zero-order chi connectivity index (χ0) is 26.7. The van der Waals surface area contributed by atoms with Crippen molar-refractivity contribution in [3.05, 3.63) is 53.6 Å². The summed E-state index contributed by atoms with van der Waals surface area (Å²) in [5, 5.41) is 4.21. The van der Waals surface area contributed by atoms with Gasteiger partial charge in [-0.2, -0.15) is 0 Å². The lowest BCUT2D eigenvalue weighted by atomic mass is 10.0. The third kappa shape index (κ3) is 4.57. The Morgan fingerprint density at radius 1 is 1.18 bits per heavy atom. The Morgan fingerprint density at radius 2 is 2.00 bits per heavy atom. The van der Waals surface area contributed by atoms with Crippen LogP contribution in [-0.2, 0) is 11.2 Å². The number of H-pyrrole nitrogens is 1. The Bertz CT molecular complexity index is 1570. The number of aromatic nitrogens is 2. The van der Waals surface area contributed by atoms with Crippen molar-refractivity contribution in [2.75, 3.05) is 13.2 Å². The van der Waals surface area contributed by atoms with Crippen molar-refractivity contribution in [2.24, 2.45) is 0 Å². The lowest BCUT2D eigenvalue weighted by molar-refractivity contribution is 0.0476. The standard InChI is InChI=1S/C29H30FN3O5/c1-16-13-18-19(32-16)5-6-22(25(18)30)37-21-7-11-31-20-14-23(26-17(24(20)21)8-12-35-26)36-15-29(9-10-29)33-27(34)38-28(2,3)4/h5-7,11,13-14,32H,8-10,12,15H2,1-4H3,(H,33,34). The Kier molecular flexibility index (Phi) is 5.63. The number of amides is 1. The van der Waals surface area contributed by atoms with Crippen LogP contribution in [0.5, 0.6) is 23.0 Å². The van der Waals surface area contributed by atoms with Crippen molar-refractivity contribution < 1.29 is 28.1 Å². The predicted octanol–water partition coefficient (Wildman–Crippen LogP) is 6.33. The van der Waals surface area contributed by atoms with Crippen LogP contribution >= 0.6 is 0 Å². The molecule has 0 bridgehead atoms. The Hall–Kier alpha value is -4.01. The third-order valence-corrected chi connectivity index (χ3v) is 6.79. The van der Waals surface area contributed by atoms with Crippen LogP contribution in [-0.4, -0.2) is 40.4 Å². The van der Waals surface area contributed by atoms with Crippen molar-refractivity contribution in [1.29, 1.82) is 0 Å². The molecule has 0 atom stereocenters. The fourth-order valence-corrected chi connectivity index (χ4v) is 4.85. The molecule has 1 aliphatic carbocycles. The van der Waals surface area contributed by atoms with Gasteiger partial charge in [-0.1, -0.05) is 0 Å². The van der Waals surface area contributed by atoms with Gasteiger partial charge in [-0.25, -0.2) is 9.18 Å². The molecule has 1 saturated carbocycles. The maximum atomic E-state index is 15.3. The number of carbonyl (C=O) groups is 1. The van der Waals surface area contributed by atoms with Gasteiger partial charge >= 0.3 is 6.09 Å². The number of fused-ring (bicyclic) bond motifs is 4. The normalized spacial score (nSPS) is 15.7. The van der Waals surface area contributed by atoms with E-state index in [0.717, 1.165) is 35.0 Å². The highest BCUT2D eigenvalue weighted by atomic mass is 19.1. The maximum Gasteiger partial charge on any atom is 0.408 e. The van der Waals surface area contributed by atoms with Crippen LogP contribution in [0, 0.1) is 12.7 Å². The number of carbonyl (C=O) groups excluding carboxylic acids is 1. The number of nitrogens with one attached hydrogen (secondary N) is 2. The SMILES string of the molecule is Cc1cc2c(F)c(Oc3ccnc4cc(OCC5(NC(=O)OC(C)(C)C)CC5)c5c(c34)CCO5)ccc2[nH]1. The lowest BCUT2D eigenvalue weighted by Crippen LogP contribution is -2.44. The van der Waals surface area contributed by atoms with Gasteiger partial charge in [0.25, 0.3) is 0 Å². The lowest BCUT2D eigenvalue weighted by Gasteiger charge is -2.24. The number of rotatable bonds is 6. The molecule has 1 aliphatic heterocycles. The van der Waals surface area contributed by atoms with Crippen molar-refractivity contribution in [2.45, 2.75) is 58.1 Å². The average Bonchev–Trinajstić information content (AvgIpc) is 3.23. The zero-order valence-corrected chi connectivity index (χ0v) is 21.9. The number of ether oxygens (including phenoxy) is 4. The molecule has 0 radical (unpaired) electrons. The summed E-state index contributed by atoms with van der Waals surface area (Å²) in [6.07, 6.45) is 3.42. The van der Waals surface area contributed by atoms with Crippen molar-refractivity contribution in [3.8, 4) is 23.0 Å². The van der Waals surface area contributed by atoms with Crippen LogP contribution in [0.1, 0.15) is 44.9 Å². The molecule has 198 valence electrons. The monoisotopic (exact) mass is 519 g/mol. The molecule has 1 amide bonds. The Balaban J connectivity index is 1.28. The molecule has 38 heavy (non-hydrogen) atoms. The van der Waals surface area contributed by atoms with E-state index < -0.39 is 23.1 Å². The summed E-state index contributed by atoms with van der Waals surface area (Å²) < 4.78 is 39.0. The van der Waals surface area contributed by atoms with E-state index in [0.29, 0.717) is 41.2 Å². The topological polar surface area (TPSA) is 94.7 Å². The molecule has 6 rings (SSSR count). The summed E-state index contributed by atoms with van der Waals surface area (Å²) >= 11 is 0. The van der Waals surface area contributed by atoms with Gasteiger partial charge < -0.3 is 29.2 Å². The fraction of sp³-hybridized carbons (Fsp3) is 0.379. The van der Waals surface area contributed by atoms with Crippen molar-refractivity contribution in [1.82, 2.24) is 15.3 Å². The van der Waals surface area contributed by atoms with Crippen LogP contribution in [0.15, 0.2) is 36.5 Å². The summed E-state index contributed by atoms with van der Waals surface area (Å²) in [7, 11) is 0. The van der Waals surface area contributed by atoms with E-state index in [-0.39, 0.29) is 12.4 Å². The van der Waals surface area contributed by atoms with Gasteiger partial charge in [-0.15, -0.1) is 0 Å². The van der Waals surface area contributed by atoms with Gasteiger partial charge in [0, 0.05) is 40.8 Å². The minimum absolute atomic E-state index is 0.140. The van der Waals surface area contributed by atoms with Crippen LogP contribution in [0.3, 0.4) is 0 Å². The van der Waals surface area contributed by atoms with E-state index in [9.17, 15) is 4.79 Å². The first-order valence-electron chi connectivity index (χ1n) is 12.8. The fourth-order valence-electron chi connectivity index (χ4n) is 4.85. The molecule has 2 aliphatic rings. The van der Waals surface area contributed by atoms with Crippen molar-refractivity contribution >= 4 is 27.9 Å². The second-order valence-electron chi connectivity index (χ2n) is 11.1. The van der Waals surface area contributed by atoms with Gasteiger partial charge in [-0.05, 0) is 64.8 Å². The van der Waals surface area contributed by atoms with Crippen LogP contribution in [0.4, 0.5) is 9.18 Å². The molecule has 0 saturated heterocycles. The number of alkyl carbamates (subject to hydrolysis) is 1. The first kappa shape index (κ1) is 24.3. The molecular formula is C29H30FN3O5. The van der Waals surface area contributed by atoms with Crippen LogP contribution in [0.2, 0.25) is 0 Å². The summed E-state index contributed by atoms with van der Waals surface area (Å²) in [6, 6.07) is 8.74.